The van der Waals surface area contributed by atoms with Gasteiger partial charge in [-0.05, 0) is 101 Å². The Hall–Kier alpha value is -1.06. The summed E-state index contributed by atoms with van der Waals surface area (Å²) in [6.45, 7) is 8.97. The second-order valence-electron chi connectivity index (χ2n) is 10.1. The highest BCUT2D eigenvalue weighted by molar-refractivity contribution is 5.48. The van der Waals surface area contributed by atoms with Crippen LogP contribution in [0.2, 0.25) is 0 Å². The summed E-state index contributed by atoms with van der Waals surface area (Å²) >= 11 is 0. The number of nitrogens with zero attached hydrogens (tertiary/aromatic N) is 3. The van der Waals surface area contributed by atoms with Gasteiger partial charge in [-0.1, -0.05) is 25.0 Å². The van der Waals surface area contributed by atoms with Crippen LogP contribution in [-0.4, -0.2) is 55.1 Å². The lowest BCUT2D eigenvalue weighted by molar-refractivity contribution is 0.0306. The fourth-order valence-corrected chi connectivity index (χ4v) is 6.04. The van der Waals surface area contributed by atoms with E-state index in [0.29, 0.717) is 5.41 Å². The van der Waals surface area contributed by atoms with E-state index in [0.717, 1.165) is 12.6 Å². The maximum absolute atomic E-state index is 2.81. The highest BCUT2D eigenvalue weighted by Gasteiger charge is 2.39. The topological polar surface area (TPSA) is 9.72 Å². The van der Waals surface area contributed by atoms with E-state index in [1.54, 1.807) is 0 Å². The number of hydrogen-bond donors (Lipinski definition) is 0. The van der Waals surface area contributed by atoms with Gasteiger partial charge in [0.2, 0.25) is 0 Å². The second kappa shape index (κ2) is 8.36. The Bertz CT molecular complexity index is 612. The third-order valence-electron chi connectivity index (χ3n) is 8.43. The van der Waals surface area contributed by atoms with Crippen molar-refractivity contribution in [1.29, 1.82) is 0 Å². The first kappa shape index (κ1) is 18.9. The van der Waals surface area contributed by atoms with Gasteiger partial charge in [-0.3, -0.25) is 4.90 Å². The normalized spacial score (nSPS) is 27.1. The van der Waals surface area contributed by atoms with E-state index in [4.69, 9.17) is 0 Å². The maximum Gasteiger partial charge on any atom is 0.0366 e. The first-order valence-electron chi connectivity index (χ1n) is 12.1. The van der Waals surface area contributed by atoms with Crippen molar-refractivity contribution in [2.75, 3.05) is 44.2 Å². The smallest absolute Gasteiger partial charge is 0.0366 e. The van der Waals surface area contributed by atoms with E-state index in [1.807, 2.05) is 0 Å². The van der Waals surface area contributed by atoms with Gasteiger partial charge in [-0.15, -0.1) is 0 Å². The van der Waals surface area contributed by atoms with Crippen molar-refractivity contribution in [1.82, 2.24) is 9.80 Å². The summed E-state index contributed by atoms with van der Waals surface area (Å²) in [5.41, 5.74) is 3.59. The van der Waals surface area contributed by atoms with Gasteiger partial charge >= 0.3 is 0 Å². The Morgan fingerprint density at radius 3 is 1.96 bits per heavy atom. The summed E-state index contributed by atoms with van der Waals surface area (Å²) in [4.78, 5) is 8.08. The molecule has 3 heterocycles. The molecule has 4 fully saturated rings. The van der Waals surface area contributed by atoms with E-state index in [-0.39, 0.29) is 0 Å². The number of anilines is 1. The summed E-state index contributed by atoms with van der Waals surface area (Å²) in [5.74, 6) is 0. The average molecular weight is 382 g/mol. The largest absolute Gasteiger partial charge is 0.371 e. The molecule has 154 valence electrons. The molecule has 4 aliphatic rings. The molecule has 0 N–H and O–H groups in total. The van der Waals surface area contributed by atoms with Crippen molar-refractivity contribution in [2.45, 2.75) is 76.8 Å². The number of rotatable bonds is 4. The SMILES string of the molecule is c1cc(N2CCC3(CC2)CCN(C2CCC2)CC3)ccc1CN1CCCCC1. The molecule has 1 spiro atoms. The van der Waals surface area contributed by atoms with Crippen LogP contribution in [0.5, 0.6) is 0 Å². The molecule has 3 nitrogen and oxygen atoms in total. The molecule has 3 saturated heterocycles. The lowest BCUT2D eigenvalue weighted by atomic mass is 9.70. The van der Waals surface area contributed by atoms with E-state index in [9.17, 15) is 0 Å². The summed E-state index contributed by atoms with van der Waals surface area (Å²) in [6, 6.07) is 10.5. The first-order valence-corrected chi connectivity index (χ1v) is 12.1. The second-order valence-corrected chi connectivity index (χ2v) is 10.1. The fourth-order valence-electron chi connectivity index (χ4n) is 6.04. The number of piperidine rings is 3. The highest BCUT2D eigenvalue weighted by Crippen LogP contribution is 2.43. The van der Waals surface area contributed by atoms with Crippen LogP contribution >= 0.6 is 0 Å². The van der Waals surface area contributed by atoms with Crippen molar-refractivity contribution < 1.29 is 0 Å². The van der Waals surface area contributed by atoms with Gasteiger partial charge in [0.1, 0.15) is 0 Å². The molecule has 1 aliphatic carbocycles. The van der Waals surface area contributed by atoms with Gasteiger partial charge in [0, 0.05) is 31.4 Å². The van der Waals surface area contributed by atoms with Crippen LogP contribution in [0.15, 0.2) is 24.3 Å². The molecule has 1 saturated carbocycles. The molecule has 0 radical (unpaired) electrons. The Kier molecular flexibility index (Phi) is 5.65. The third-order valence-corrected chi connectivity index (χ3v) is 8.43. The Morgan fingerprint density at radius 2 is 1.36 bits per heavy atom. The summed E-state index contributed by atoms with van der Waals surface area (Å²) in [5, 5.41) is 0. The van der Waals surface area contributed by atoms with E-state index in [1.165, 1.54) is 115 Å². The fraction of sp³-hybridized carbons (Fsp3) is 0.760. The van der Waals surface area contributed by atoms with Gasteiger partial charge < -0.3 is 9.80 Å². The molecular weight excluding hydrogens is 342 g/mol. The Morgan fingerprint density at radius 1 is 0.714 bits per heavy atom. The van der Waals surface area contributed by atoms with Crippen molar-refractivity contribution in [2.24, 2.45) is 5.41 Å². The highest BCUT2D eigenvalue weighted by atomic mass is 15.2. The molecule has 0 unspecified atom stereocenters. The molecule has 0 bridgehead atoms. The molecule has 3 heteroatoms. The van der Waals surface area contributed by atoms with Crippen molar-refractivity contribution in [3.05, 3.63) is 29.8 Å². The number of benzene rings is 1. The quantitative estimate of drug-likeness (QED) is 0.734. The van der Waals surface area contributed by atoms with Gasteiger partial charge in [-0.25, -0.2) is 0 Å². The predicted octanol–water partition coefficient (Wildman–Crippen LogP) is 4.91. The predicted molar refractivity (Wildman–Crippen MR) is 118 cm³/mol. The molecule has 3 aliphatic heterocycles. The van der Waals surface area contributed by atoms with E-state index >= 15 is 0 Å². The molecule has 5 rings (SSSR count). The lowest BCUT2D eigenvalue weighted by Crippen LogP contribution is -2.50. The Labute approximate surface area is 172 Å². The molecule has 1 aromatic rings. The zero-order chi connectivity index (χ0) is 18.8. The number of likely N-dealkylation sites (tertiary alicyclic amines) is 2. The summed E-state index contributed by atoms with van der Waals surface area (Å²) in [6.07, 6.45) is 14.3. The zero-order valence-corrected chi connectivity index (χ0v) is 17.7. The van der Waals surface area contributed by atoms with Gasteiger partial charge in [0.25, 0.3) is 0 Å². The molecule has 0 aromatic heterocycles. The number of hydrogen-bond acceptors (Lipinski definition) is 3. The minimum atomic E-state index is 0.658. The molecule has 0 amide bonds. The first-order chi connectivity index (χ1) is 13.8. The van der Waals surface area contributed by atoms with Crippen LogP contribution in [0.3, 0.4) is 0 Å². The lowest BCUT2D eigenvalue weighted by Gasteiger charge is -2.50. The molecule has 28 heavy (non-hydrogen) atoms. The van der Waals surface area contributed by atoms with Crippen LogP contribution in [0.25, 0.3) is 0 Å². The van der Waals surface area contributed by atoms with E-state index < -0.39 is 0 Å². The minimum Gasteiger partial charge on any atom is -0.371 e. The van der Waals surface area contributed by atoms with Gasteiger partial charge in [0.15, 0.2) is 0 Å². The molecule has 0 atom stereocenters. The van der Waals surface area contributed by atoms with Crippen LogP contribution in [0, 0.1) is 5.41 Å². The standard InChI is InChI=1S/C25H39N3/c1-2-15-26(16-3-1)21-22-7-9-24(10-8-22)28-19-13-25(14-20-28)11-17-27(18-12-25)23-5-4-6-23/h7-10,23H,1-6,11-21H2. The summed E-state index contributed by atoms with van der Waals surface area (Å²) < 4.78 is 0. The summed E-state index contributed by atoms with van der Waals surface area (Å²) in [7, 11) is 0. The Balaban J connectivity index is 1.11. The minimum absolute atomic E-state index is 0.658. The maximum atomic E-state index is 2.81. The van der Waals surface area contributed by atoms with E-state index in [2.05, 4.69) is 39.0 Å². The zero-order valence-electron chi connectivity index (χ0n) is 17.7. The average Bonchev–Trinajstić information content (AvgIpc) is 2.71. The molecule has 1 aromatic carbocycles. The van der Waals surface area contributed by atoms with Crippen LogP contribution in [0.4, 0.5) is 5.69 Å². The third kappa shape index (κ3) is 4.11. The van der Waals surface area contributed by atoms with Crippen molar-refractivity contribution in [3.63, 3.8) is 0 Å². The monoisotopic (exact) mass is 381 g/mol. The van der Waals surface area contributed by atoms with Gasteiger partial charge in [-0.2, -0.15) is 0 Å². The van der Waals surface area contributed by atoms with Crippen LogP contribution in [-0.2, 0) is 6.54 Å². The molecular formula is C25H39N3. The van der Waals surface area contributed by atoms with Crippen LogP contribution < -0.4 is 4.90 Å². The van der Waals surface area contributed by atoms with Crippen LogP contribution in [0.1, 0.15) is 69.8 Å². The van der Waals surface area contributed by atoms with Crippen molar-refractivity contribution >= 4 is 5.69 Å². The van der Waals surface area contributed by atoms with Crippen molar-refractivity contribution in [3.8, 4) is 0 Å². The van der Waals surface area contributed by atoms with Gasteiger partial charge in [0.05, 0.1) is 0 Å².